The fourth-order valence-electron chi connectivity index (χ4n) is 2.18. The molecule has 0 aliphatic heterocycles. The van der Waals surface area contributed by atoms with Gasteiger partial charge in [-0.25, -0.2) is 4.79 Å². The summed E-state index contributed by atoms with van der Waals surface area (Å²) in [5.74, 6) is 5.26. The van der Waals surface area contributed by atoms with Gasteiger partial charge in [-0.3, -0.25) is 5.84 Å². The zero-order valence-electron chi connectivity index (χ0n) is 14.1. The number of halogens is 2. The molecule has 2 aromatic carbocycles. The van der Waals surface area contributed by atoms with Gasteiger partial charge in [-0.2, -0.15) is 0 Å². The Morgan fingerprint density at radius 1 is 1.08 bits per heavy atom. The highest BCUT2D eigenvalue weighted by Gasteiger charge is 2.14. The predicted molar refractivity (Wildman–Crippen MR) is 103 cm³/mol. The molecule has 0 heterocycles. The second-order valence-corrected chi connectivity index (χ2v) is 6.11. The Labute approximate surface area is 161 Å². The van der Waals surface area contributed by atoms with Gasteiger partial charge in [-0.05, 0) is 48.4 Å². The molecule has 8 heteroatoms. The lowest BCUT2D eigenvalue weighted by atomic mass is 10.1. The fourth-order valence-corrected chi connectivity index (χ4v) is 2.71. The van der Waals surface area contributed by atoms with E-state index in [9.17, 15) is 4.79 Å². The summed E-state index contributed by atoms with van der Waals surface area (Å²) in [6.07, 6.45) is 0. The van der Waals surface area contributed by atoms with Crippen molar-refractivity contribution in [2.24, 2.45) is 11.6 Å². The number of hydrogen-bond acceptors (Lipinski definition) is 6. The van der Waals surface area contributed by atoms with Crippen LogP contribution >= 0.6 is 23.2 Å². The summed E-state index contributed by atoms with van der Waals surface area (Å²) in [6, 6.07) is 12.6. The molecule has 2 rings (SSSR count). The third-order valence-corrected chi connectivity index (χ3v) is 3.83. The lowest BCUT2D eigenvalue weighted by Gasteiger charge is -2.12. The van der Waals surface area contributed by atoms with Crippen molar-refractivity contribution in [1.82, 2.24) is 5.43 Å². The van der Waals surface area contributed by atoms with Crippen LogP contribution < -0.4 is 21.7 Å². The van der Waals surface area contributed by atoms with Gasteiger partial charge >= 0.3 is 5.97 Å². The number of rotatable bonds is 7. The van der Waals surface area contributed by atoms with E-state index in [1.165, 1.54) is 0 Å². The second kappa shape index (κ2) is 9.33. The summed E-state index contributed by atoms with van der Waals surface area (Å²) in [5.41, 5.74) is 10.0. The number of hydrogen-bond donors (Lipinski definition) is 3. The molecule has 0 saturated carbocycles. The van der Waals surface area contributed by atoms with Gasteiger partial charge in [0.05, 0.1) is 12.3 Å². The van der Waals surface area contributed by atoms with Crippen LogP contribution in [0.1, 0.15) is 6.92 Å². The molecule has 6 nitrogen and oxygen atoms in total. The molecule has 0 saturated heterocycles. The van der Waals surface area contributed by atoms with Gasteiger partial charge in [-0.1, -0.05) is 35.3 Å². The topological polar surface area (TPSA) is 99.6 Å². The van der Waals surface area contributed by atoms with Gasteiger partial charge < -0.3 is 20.6 Å². The van der Waals surface area contributed by atoms with E-state index < -0.39 is 5.97 Å². The predicted octanol–water partition coefficient (Wildman–Crippen LogP) is 3.24. The summed E-state index contributed by atoms with van der Waals surface area (Å²) >= 11 is 12.1. The highest BCUT2D eigenvalue weighted by Crippen LogP contribution is 2.28. The van der Waals surface area contributed by atoms with Crippen LogP contribution in [0, 0.1) is 0 Å². The summed E-state index contributed by atoms with van der Waals surface area (Å²) < 4.78 is 10.4. The van der Waals surface area contributed by atoms with E-state index in [0.717, 1.165) is 11.1 Å². The number of ether oxygens (including phenoxy) is 2. The van der Waals surface area contributed by atoms with Gasteiger partial charge in [0.2, 0.25) is 0 Å². The largest absolute Gasteiger partial charge is 0.487 e. The van der Waals surface area contributed by atoms with E-state index >= 15 is 0 Å². The molecule has 138 valence electrons. The van der Waals surface area contributed by atoms with Crippen molar-refractivity contribution in [3.8, 4) is 16.9 Å². The van der Waals surface area contributed by atoms with Crippen molar-refractivity contribution >= 4 is 29.2 Å². The van der Waals surface area contributed by atoms with Gasteiger partial charge in [0.1, 0.15) is 12.4 Å². The number of nitrogens with two attached hydrogens (primary N) is 2. The Morgan fingerprint density at radius 2 is 1.69 bits per heavy atom. The molecule has 0 atom stereocenters. The maximum absolute atomic E-state index is 11.7. The molecule has 0 bridgehead atoms. The Bertz CT molecular complexity index is 788. The molecule has 0 unspecified atom stereocenters. The van der Waals surface area contributed by atoms with Crippen LogP contribution in [-0.2, 0) is 9.53 Å². The van der Waals surface area contributed by atoms with Gasteiger partial charge in [0, 0.05) is 10.0 Å². The summed E-state index contributed by atoms with van der Waals surface area (Å²) in [4.78, 5) is 11.7. The van der Waals surface area contributed by atoms with E-state index in [0.29, 0.717) is 15.8 Å². The monoisotopic (exact) mass is 395 g/mol. The van der Waals surface area contributed by atoms with E-state index in [1.807, 2.05) is 24.3 Å². The number of hydrazine groups is 1. The normalized spacial score (nSPS) is 11.5. The standard InChI is InChI=1S/C18H19Cl2N3O3/c1-2-25-18(24)17(23-22)16(21)10-26-15-5-3-11(4-6-15)12-7-13(19)9-14(20)8-12/h3-9,23H,2,10,21-22H2,1H3/b17-16-. The maximum atomic E-state index is 11.7. The maximum Gasteiger partial charge on any atom is 0.357 e. The summed E-state index contributed by atoms with van der Waals surface area (Å²) in [7, 11) is 0. The molecule has 0 aromatic heterocycles. The molecular formula is C18H19Cl2N3O3. The first-order valence-corrected chi connectivity index (χ1v) is 8.52. The van der Waals surface area contributed by atoms with Crippen molar-refractivity contribution in [3.05, 3.63) is 63.9 Å². The van der Waals surface area contributed by atoms with Crippen LogP contribution in [0.5, 0.6) is 5.75 Å². The van der Waals surface area contributed by atoms with Crippen molar-refractivity contribution in [1.29, 1.82) is 0 Å². The second-order valence-electron chi connectivity index (χ2n) is 5.24. The smallest absolute Gasteiger partial charge is 0.357 e. The van der Waals surface area contributed by atoms with E-state index in [-0.39, 0.29) is 24.6 Å². The minimum absolute atomic E-state index is 0.0271. The highest BCUT2D eigenvalue weighted by molar-refractivity contribution is 6.35. The molecule has 0 fully saturated rings. The molecule has 5 N–H and O–H groups in total. The van der Waals surface area contributed by atoms with E-state index in [2.05, 4.69) is 5.43 Å². The minimum atomic E-state index is -0.635. The Morgan fingerprint density at radius 3 is 2.23 bits per heavy atom. The lowest BCUT2D eigenvalue weighted by molar-refractivity contribution is -0.139. The van der Waals surface area contributed by atoms with Gasteiger partial charge in [0.15, 0.2) is 5.70 Å². The molecule has 0 aliphatic carbocycles. The SMILES string of the molecule is CCOC(=O)/C(NN)=C(/N)COc1ccc(-c2cc(Cl)cc(Cl)c2)cc1. The van der Waals surface area contributed by atoms with E-state index in [1.54, 1.807) is 25.1 Å². The van der Waals surface area contributed by atoms with Crippen molar-refractivity contribution < 1.29 is 14.3 Å². The van der Waals surface area contributed by atoms with Crippen LogP contribution in [-0.4, -0.2) is 19.2 Å². The number of carbonyl (C=O) groups is 1. The number of nitrogens with one attached hydrogen (secondary N) is 1. The molecule has 2 aromatic rings. The molecule has 0 radical (unpaired) electrons. The zero-order chi connectivity index (χ0) is 19.1. The average Bonchev–Trinajstić information content (AvgIpc) is 2.60. The third kappa shape index (κ3) is 5.29. The first-order valence-electron chi connectivity index (χ1n) is 7.76. The van der Waals surface area contributed by atoms with Crippen LogP contribution in [0.3, 0.4) is 0 Å². The molecule has 0 spiro atoms. The molecule has 0 amide bonds. The van der Waals surface area contributed by atoms with Crippen LogP contribution in [0.15, 0.2) is 53.9 Å². The van der Waals surface area contributed by atoms with Crippen LogP contribution in [0.2, 0.25) is 10.0 Å². The number of carbonyl (C=O) groups excluding carboxylic acids is 1. The summed E-state index contributed by atoms with van der Waals surface area (Å²) in [6.45, 7) is 1.88. The van der Waals surface area contributed by atoms with Crippen LogP contribution in [0.25, 0.3) is 11.1 Å². The van der Waals surface area contributed by atoms with Gasteiger partial charge in [-0.15, -0.1) is 0 Å². The first kappa shape index (κ1) is 19.9. The molecule has 26 heavy (non-hydrogen) atoms. The first-order chi connectivity index (χ1) is 12.4. The Hall–Kier alpha value is -2.41. The van der Waals surface area contributed by atoms with Crippen LogP contribution in [0.4, 0.5) is 0 Å². The van der Waals surface area contributed by atoms with Gasteiger partial charge in [0.25, 0.3) is 0 Å². The third-order valence-electron chi connectivity index (χ3n) is 3.39. The van der Waals surface area contributed by atoms with E-state index in [4.69, 9.17) is 44.3 Å². The highest BCUT2D eigenvalue weighted by atomic mass is 35.5. The lowest BCUT2D eigenvalue weighted by Crippen LogP contribution is -2.33. The van der Waals surface area contributed by atoms with Crippen molar-refractivity contribution in [2.45, 2.75) is 6.92 Å². The molecule has 0 aliphatic rings. The van der Waals surface area contributed by atoms with Crippen molar-refractivity contribution in [2.75, 3.05) is 13.2 Å². The Kier molecular flexibility index (Phi) is 7.15. The number of benzene rings is 2. The fraction of sp³-hybridized carbons (Fsp3) is 0.167. The quantitative estimate of drug-likeness (QED) is 0.288. The number of esters is 1. The molecular weight excluding hydrogens is 377 g/mol. The average molecular weight is 396 g/mol. The zero-order valence-corrected chi connectivity index (χ0v) is 15.6. The minimum Gasteiger partial charge on any atom is -0.487 e. The Balaban J connectivity index is 2.08. The summed E-state index contributed by atoms with van der Waals surface area (Å²) in [5, 5.41) is 1.12. The van der Waals surface area contributed by atoms with Crippen molar-refractivity contribution in [3.63, 3.8) is 0 Å².